The average molecular weight is 263 g/mol. The lowest BCUT2D eigenvalue weighted by molar-refractivity contribution is -0.0522. The molecule has 3 nitrogen and oxygen atoms in total. The van der Waals surface area contributed by atoms with Crippen LogP contribution in [0.15, 0.2) is 18.2 Å². The summed E-state index contributed by atoms with van der Waals surface area (Å²) in [4.78, 5) is 0. The maximum atomic E-state index is 13.4. The highest BCUT2D eigenvalue weighted by Gasteiger charge is 2.10. The molecule has 18 heavy (non-hydrogen) atoms. The molecular formula is C12H16F3NO2. The molecule has 102 valence electrons. The maximum absolute atomic E-state index is 13.4. The van der Waals surface area contributed by atoms with Gasteiger partial charge in [0.15, 0.2) is 11.6 Å². The van der Waals surface area contributed by atoms with E-state index in [1.807, 2.05) is 6.92 Å². The van der Waals surface area contributed by atoms with Crippen LogP contribution in [-0.2, 0) is 6.54 Å². The third-order valence-corrected chi connectivity index (χ3v) is 2.52. The maximum Gasteiger partial charge on any atom is 0.387 e. The van der Waals surface area contributed by atoms with E-state index in [0.717, 1.165) is 12.5 Å². The lowest BCUT2D eigenvalue weighted by atomic mass is 10.2. The minimum absolute atomic E-state index is 0.00837. The van der Waals surface area contributed by atoms with Crippen molar-refractivity contribution in [2.45, 2.75) is 32.5 Å². The van der Waals surface area contributed by atoms with Gasteiger partial charge in [-0.3, -0.25) is 0 Å². The first-order chi connectivity index (χ1) is 8.56. The number of rotatable bonds is 7. The summed E-state index contributed by atoms with van der Waals surface area (Å²) in [6.07, 6.45) is 0.742. The third-order valence-electron chi connectivity index (χ3n) is 2.52. The molecule has 0 fully saturated rings. The Hall–Kier alpha value is -1.27. The van der Waals surface area contributed by atoms with Gasteiger partial charge >= 0.3 is 6.61 Å². The van der Waals surface area contributed by atoms with Crippen LogP contribution in [0.1, 0.15) is 18.9 Å². The van der Waals surface area contributed by atoms with Gasteiger partial charge in [0.25, 0.3) is 0 Å². The van der Waals surface area contributed by atoms with E-state index in [0.29, 0.717) is 12.1 Å². The number of aliphatic hydroxyl groups is 1. The molecule has 0 spiro atoms. The van der Waals surface area contributed by atoms with Crippen LogP contribution in [0.2, 0.25) is 0 Å². The second-order valence-electron chi connectivity index (χ2n) is 3.81. The second kappa shape index (κ2) is 7.23. The molecule has 0 aliphatic heterocycles. The van der Waals surface area contributed by atoms with Crippen molar-refractivity contribution in [3.05, 3.63) is 29.6 Å². The van der Waals surface area contributed by atoms with Gasteiger partial charge in [-0.25, -0.2) is 4.39 Å². The molecule has 0 saturated carbocycles. The summed E-state index contributed by atoms with van der Waals surface area (Å²) in [5.41, 5.74) is 0.598. The van der Waals surface area contributed by atoms with Gasteiger partial charge in [0, 0.05) is 12.6 Å². The molecule has 1 atom stereocenters. The highest BCUT2D eigenvalue weighted by molar-refractivity contribution is 5.29. The van der Waals surface area contributed by atoms with E-state index >= 15 is 0 Å². The van der Waals surface area contributed by atoms with Gasteiger partial charge in [0.1, 0.15) is 0 Å². The van der Waals surface area contributed by atoms with Crippen molar-refractivity contribution in [3.8, 4) is 5.75 Å². The predicted octanol–water partition coefficient (Wildman–Crippen LogP) is 2.29. The number of hydrogen-bond acceptors (Lipinski definition) is 3. The van der Waals surface area contributed by atoms with Crippen molar-refractivity contribution in [3.63, 3.8) is 0 Å². The van der Waals surface area contributed by atoms with Crippen molar-refractivity contribution in [1.82, 2.24) is 5.32 Å². The number of alkyl halides is 2. The lowest BCUT2D eigenvalue weighted by Gasteiger charge is -2.14. The molecule has 0 aromatic heterocycles. The Morgan fingerprint density at radius 2 is 2.11 bits per heavy atom. The van der Waals surface area contributed by atoms with Gasteiger partial charge in [-0.1, -0.05) is 13.0 Å². The molecule has 1 aromatic carbocycles. The minimum atomic E-state index is -3.04. The number of hydrogen-bond donors (Lipinski definition) is 2. The highest BCUT2D eigenvalue weighted by atomic mass is 19.3. The molecule has 0 aliphatic carbocycles. The Balaban J connectivity index is 2.61. The summed E-state index contributed by atoms with van der Waals surface area (Å²) < 4.78 is 41.2. The Morgan fingerprint density at radius 1 is 1.39 bits per heavy atom. The van der Waals surface area contributed by atoms with Crippen molar-refractivity contribution in [2.24, 2.45) is 0 Å². The molecule has 0 heterocycles. The summed E-state index contributed by atoms with van der Waals surface area (Å²) in [5.74, 6) is -1.30. The van der Waals surface area contributed by atoms with E-state index in [4.69, 9.17) is 5.11 Å². The zero-order valence-electron chi connectivity index (χ0n) is 10.00. The Bertz CT molecular complexity index is 370. The Kier molecular flexibility index (Phi) is 5.94. The zero-order chi connectivity index (χ0) is 13.5. The summed E-state index contributed by atoms with van der Waals surface area (Å²) in [6.45, 7) is -0.785. The van der Waals surface area contributed by atoms with Crippen LogP contribution in [0, 0.1) is 5.82 Å². The summed E-state index contributed by atoms with van der Waals surface area (Å²) in [6, 6.07) is 3.73. The largest absolute Gasteiger partial charge is 0.432 e. The molecule has 1 rings (SSSR count). The first kappa shape index (κ1) is 14.8. The molecule has 2 N–H and O–H groups in total. The second-order valence-corrected chi connectivity index (χ2v) is 3.81. The summed E-state index contributed by atoms with van der Waals surface area (Å²) in [7, 11) is 0. The first-order valence-corrected chi connectivity index (χ1v) is 5.64. The first-order valence-electron chi connectivity index (χ1n) is 5.64. The molecule has 0 bridgehead atoms. The van der Waals surface area contributed by atoms with Gasteiger partial charge in [0.2, 0.25) is 0 Å². The summed E-state index contributed by atoms with van der Waals surface area (Å²) >= 11 is 0. The molecule has 0 amide bonds. The average Bonchev–Trinajstić information content (AvgIpc) is 2.33. The summed E-state index contributed by atoms with van der Waals surface area (Å²) in [5, 5.41) is 12.0. The van der Waals surface area contributed by atoms with E-state index in [2.05, 4.69) is 10.1 Å². The van der Waals surface area contributed by atoms with E-state index in [-0.39, 0.29) is 12.6 Å². The Labute approximate surface area is 104 Å². The van der Waals surface area contributed by atoms with Crippen LogP contribution in [0.25, 0.3) is 0 Å². The number of ether oxygens (including phenoxy) is 1. The van der Waals surface area contributed by atoms with Crippen LogP contribution < -0.4 is 10.1 Å². The Morgan fingerprint density at radius 3 is 2.61 bits per heavy atom. The van der Waals surface area contributed by atoms with Crippen LogP contribution in [0.4, 0.5) is 13.2 Å². The fraction of sp³-hybridized carbons (Fsp3) is 0.500. The fourth-order valence-electron chi connectivity index (χ4n) is 1.45. The van der Waals surface area contributed by atoms with E-state index in [1.165, 1.54) is 12.1 Å². The number of aliphatic hydroxyl groups excluding tert-OH is 1. The van der Waals surface area contributed by atoms with Gasteiger partial charge in [0.05, 0.1) is 6.61 Å². The van der Waals surface area contributed by atoms with E-state index in [9.17, 15) is 13.2 Å². The zero-order valence-corrected chi connectivity index (χ0v) is 10.00. The topological polar surface area (TPSA) is 41.5 Å². The minimum Gasteiger partial charge on any atom is -0.432 e. The smallest absolute Gasteiger partial charge is 0.387 e. The van der Waals surface area contributed by atoms with Crippen LogP contribution in [-0.4, -0.2) is 24.4 Å². The SMILES string of the molecule is CC[C@@H](CO)NCc1ccc(OC(F)F)c(F)c1. The number of benzene rings is 1. The van der Waals surface area contributed by atoms with Crippen molar-refractivity contribution < 1.29 is 23.0 Å². The normalized spacial score (nSPS) is 12.8. The van der Waals surface area contributed by atoms with Gasteiger partial charge in [-0.2, -0.15) is 8.78 Å². The van der Waals surface area contributed by atoms with Crippen molar-refractivity contribution in [2.75, 3.05) is 6.61 Å². The van der Waals surface area contributed by atoms with Gasteiger partial charge in [-0.15, -0.1) is 0 Å². The molecule has 0 saturated heterocycles. The van der Waals surface area contributed by atoms with E-state index < -0.39 is 18.2 Å². The van der Waals surface area contributed by atoms with Crippen molar-refractivity contribution >= 4 is 0 Å². The molecule has 0 radical (unpaired) electrons. The van der Waals surface area contributed by atoms with Gasteiger partial charge < -0.3 is 15.2 Å². The highest BCUT2D eigenvalue weighted by Crippen LogP contribution is 2.20. The van der Waals surface area contributed by atoms with Gasteiger partial charge in [-0.05, 0) is 24.1 Å². The fourth-order valence-corrected chi connectivity index (χ4v) is 1.45. The molecule has 0 unspecified atom stereocenters. The molecule has 0 aliphatic rings. The van der Waals surface area contributed by atoms with E-state index in [1.54, 1.807) is 0 Å². The lowest BCUT2D eigenvalue weighted by Crippen LogP contribution is -2.31. The standard InChI is InChI=1S/C12H16F3NO2/c1-2-9(7-17)16-6-8-3-4-11(10(13)5-8)18-12(14)15/h3-5,9,12,16-17H,2,6-7H2,1H3/t9-/m0/s1. The predicted molar refractivity (Wildman–Crippen MR) is 61.0 cm³/mol. The third kappa shape index (κ3) is 4.54. The molecule has 1 aromatic rings. The molecule has 6 heteroatoms. The van der Waals surface area contributed by atoms with Crippen LogP contribution >= 0.6 is 0 Å². The number of nitrogens with one attached hydrogen (secondary N) is 1. The van der Waals surface area contributed by atoms with Crippen molar-refractivity contribution in [1.29, 1.82) is 0 Å². The number of halogens is 3. The van der Waals surface area contributed by atoms with Crippen LogP contribution in [0.5, 0.6) is 5.75 Å². The van der Waals surface area contributed by atoms with Crippen LogP contribution in [0.3, 0.4) is 0 Å². The quantitative estimate of drug-likeness (QED) is 0.793. The molecular weight excluding hydrogens is 247 g/mol. The monoisotopic (exact) mass is 263 g/mol.